The molecule has 0 bridgehead atoms. The zero-order chi connectivity index (χ0) is 31.0. The highest BCUT2D eigenvalue weighted by atomic mass is 16.6. The first-order chi connectivity index (χ1) is 20.5. The van der Waals surface area contributed by atoms with Crippen LogP contribution in [-0.4, -0.2) is 78.0 Å². The molecule has 2 heterocycles. The van der Waals surface area contributed by atoms with Gasteiger partial charge in [-0.1, -0.05) is 42.5 Å². The van der Waals surface area contributed by atoms with Gasteiger partial charge in [0, 0.05) is 38.5 Å². The summed E-state index contributed by atoms with van der Waals surface area (Å²) in [6.45, 7) is 7.08. The lowest BCUT2D eigenvalue weighted by Crippen LogP contribution is -2.53. The highest BCUT2D eigenvalue weighted by Crippen LogP contribution is 2.25. The number of carbonyl (C=O) groups excluding carboxylic acids is 4. The predicted octanol–water partition coefficient (Wildman–Crippen LogP) is 3.68. The molecule has 0 aromatic heterocycles. The van der Waals surface area contributed by atoms with Crippen molar-refractivity contribution in [3.05, 3.63) is 65.7 Å². The molecule has 2 aromatic carbocycles. The molecule has 232 valence electrons. The van der Waals surface area contributed by atoms with Crippen LogP contribution < -0.4 is 15.4 Å². The predicted molar refractivity (Wildman–Crippen MR) is 162 cm³/mol. The van der Waals surface area contributed by atoms with Gasteiger partial charge in [-0.2, -0.15) is 0 Å². The molecule has 0 aliphatic carbocycles. The van der Waals surface area contributed by atoms with Gasteiger partial charge in [0.25, 0.3) is 0 Å². The zero-order valence-electron chi connectivity index (χ0n) is 25.6. The van der Waals surface area contributed by atoms with Crippen LogP contribution in [0.25, 0.3) is 0 Å². The fraction of sp³-hybridized carbons (Fsp3) is 0.515. The summed E-state index contributed by atoms with van der Waals surface area (Å²) in [7, 11) is 1.60. The van der Waals surface area contributed by atoms with Crippen LogP contribution in [0.2, 0.25) is 0 Å². The van der Waals surface area contributed by atoms with E-state index in [-0.39, 0.29) is 23.6 Å². The van der Waals surface area contributed by atoms with E-state index in [0.717, 1.165) is 23.3 Å². The molecule has 2 aliphatic heterocycles. The van der Waals surface area contributed by atoms with Crippen molar-refractivity contribution in [2.75, 3.05) is 26.7 Å². The maximum Gasteiger partial charge on any atom is 0.410 e. The fourth-order valence-corrected chi connectivity index (χ4v) is 5.54. The second-order valence-electron chi connectivity index (χ2n) is 12.2. The number of nitrogens with one attached hydrogen (secondary N) is 2. The summed E-state index contributed by atoms with van der Waals surface area (Å²) in [5, 5.41) is 5.94. The standard InChI is InChI=1S/C33H44N4O6/c1-33(2,3)43-32(41)37-18-8-11-28(37)31(40)36-19-16-25(17-20-36)29(38)35-27(21-23-9-6-5-7-10-23)30(39)34-22-24-12-14-26(42-4)15-13-24/h5-7,9-10,12-15,25,27-28H,8,11,16-22H2,1-4H3,(H,34,39)(H,35,38). The second-order valence-corrected chi connectivity index (χ2v) is 12.2. The van der Waals surface area contributed by atoms with E-state index in [0.29, 0.717) is 51.9 Å². The molecule has 2 atom stereocenters. The number of ether oxygens (including phenoxy) is 2. The Morgan fingerprint density at radius 3 is 2.21 bits per heavy atom. The van der Waals surface area contributed by atoms with E-state index in [9.17, 15) is 19.2 Å². The van der Waals surface area contributed by atoms with Crippen LogP contribution in [0.4, 0.5) is 4.79 Å². The third-order valence-corrected chi connectivity index (χ3v) is 7.88. The van der Waals surface area contributed by atoms with Crippen molar-refractivity contribution in [2.45, 2.75) is 77.1 Å². The fourth-order valence-electron chi connectivity index (χ4n) is 5.54. The Morgan fingerprint density at radius 2 is 1.58 bits per heavy atom. The summed E-state index contributed by atoms with van der Waals surface area (Å²) in [4.78, 5) is 56.0. The molecule has 2 fully saturated rings. The first-order valence-corrected chi connectivity index (χ1v) is 15.1. The number of carbonyl (C=O) groups is 4. The largest absolute Gasteiger partial charge is 0.497 e. The van der Waals surface area contributed by atoms with Crippen LogP contribution in [0.5, 0.6) is 5.75 Å². The highest BCUT2D eigenvalue weighted by Gasteiger charge is 2.40. The lowest BCUT2D eigenvalue weighted by molar-refractivity contribution is -0.139. The highest BCUT2D eigenvalue weighted by molar-refractivity contribution is 5.89. The molecule has 43 heavy (non-hydrogen) atoms. The van der Waals surface area contributed by atoms with E-state index in [1.165, 1.54) is 4.90 Å². The van der Waals surface area contributed by atoms with Crippen LogP contribution in [0.3, 0.4) is 0 Å². The van der Waals surface area contributed by atoms with Gasteiger partial charge < -0.3 is 25.0 Å². The second kappa shape index (κ2) is 14.4. The first kappa shape index (κ1) is 31.8. The van der Waals surface area contributed by atoms with Crippen molar-refractivity contribution in [1.29, 1.82) is 0 Å². The summed E-state index contributed by atoms with van der Waals surface area (Å²) in [5.74, 6) is -0.127. The molecule has 0 saturated carbocycles. The normalized spacial score (nSPS) is 18.1. The Bertz CT molecular complexity index is 1250. The zero-order valence-corrected chi connectivity index (χ0v) is 25.6. The Morgan fingerprint density at radius 1 is 0.907 bits per heavy atom. The van der Waals surface area contributed by atoms with E-state index in [2.05, 4.69) is 10.6 Å². The maximum absolute atomic E-state index is 13.4. The molecule has 0 spiro atoms. The molecule has 10 nitrogen and oxygen atoms in total. The average Bonchev–Trinajstić information content (AvgIpc) is 3.50. The van der Waals surface area contributed by atoms with E-state index in [4.69, 9.17) is 9.47 Å². The van der Waals surface area contributed by atoms with E-state index in [1.54, 1.807) is 12.0 Å². The van der Waals surface area contributed by atoms with Gasteiger partial charge in [0.2, 0.25) is 17.7 Å². The molecule has 2 saturated heterocycles. The van der Waals surface area contributed by atoms with Crippen molar-refractivity contribution in [2.24, 2.45) is 5.92 Å². The number of likely N-dealkylation sites (tertiary alicyclic amines) is 2. The van der Waals surface area contributed by atoms with Crippen molar-refractivity contribution in [3.8, 4) is 5.75 Å². The van der Waals surface area contributed by atoms with Gasteiger partial charge in [0.1, 0.15) is 23.4 Å². The summed E-state index contributed by atoms with van der Waals surface area (Å²) in [6.07, 6.45) is 2.22. The molecule has 4 amide bonds. The minimum Gasteiger partial charge on any atom is -0.497 e. The third kappa shape index (κ3) is 8.95. The number of piperidine rings is 1. The number of amides is 4. The molecular formula is C33H44N4O6. The molecule has 10 heteroatoms. The minimum atomic E-state index is -0.742. The SMILES string of the molecule is COc1ccc(CNC(=O)C(Cc2ccccc2)NC(=O)C2CCN(C(=O)C3CCCN3C(=O)OC(C)(C)C)CC2)cc1. The van der Waals surface area contributed by atoms with Crippen LogP contribution in [0, 0.1) is 5.92 Å². The third-order valence-electron chi connectivity index (χ3n) is 7.88. The first-order valence-electron chi connectivity index (χ1n) is 15.1. The minimum absolute atomic E-state index is 0.0953. The molecule has 2 aromatic rings. The van der Waals surface area contributed by atoms with E-state index in [1.807, 2.05) is 75.4 Å². The van der Waals surface area contributed by atoms with Crippen LogP contribution in [-0.2, 0) is 32.1 Å². The van der Waals surface area contributed by atoms with E-state index >= 15 is 0 Å². The number of nitrogens with zero attached hydrogens (tertiary/aromatic N) is 2. The molecule has 2 unspecified atom stereocenters. The van der Waals surface area contributed by atoms with Gasteiger partial charge in [-0.15, -0.1) is 0 Å². The van der Waals surface area contributed by atoms with Crippen molar-refractivity contribution < 1.29 is 28.7 Å². The smallest absolute Gasteiger partial charge is 0.410 e. The van der Waals surface area contributed by atoms with Crippen LogP contribution >= 0.6 is 0 Å². The Balaban J connectivity index is 1.33. The van der Waals surface area contributed by atoms with E-state index < -0.39 is 23.8 Å². The summed E-state index contributed by atoms with van der Waals surface area (Å²) >= 11 is 0. The summed E-state index contributed by atoms with van der Waals surface area (Å²) < 4.78 is 10.7. The number of benzene rings is 2. The Kier molecular flexibility index (Phi) is 10.7. The Labute approximate surface area is 254 Å². The lowest BCUT2D eigenvalue weighted by atomic mass is 9.94. The number of methoxy groups -OCH3 is 1. The van der Waals surface area contributed by atoms with Crippen molar-refractivity contribution >= 4 is 23.8 Å². The topological polar surface area (TPSA) is 117 Å². The molecular weight excluding hydrogens is 548 g/mol. The van der Waals surface area contributed by atoms with Gasteiger partial charge in [-0.25, -0.2) is 4.79 Å². The summed E-state index contributed by atoms with van der Waals surface area (Å²) in [5.41, 5.74) is 1.23. The average molecular weight is 593 g/mol. The summed E-state index contributed by atoms with van der Waals surface area (Å²) in [6, 6.07) is 15.8. The van der Waals surface area contributed by atoms with Gasteiger partial charge in [0.05, 0.1) is 7.11 Å². The monoisotopic (exact) mass is 592 g/mol. The quantitative estimate of drug-likeness (QED) is 0.459. The van der Waals surface area contributed by atoms with Crippen molar-refractivity contribution in [1.82, 2.24) is 20.4 Å². The molecule has 0 radical (unpaired) electrons. The number of hydrogen-bond acceptors (Lipinski definition) is 6. The van der Waals surface area contributed by atoms with Crippen LogP contribution in [0.15, 0.2) is 54.6 Å². The van der Waals surface area contributed by atoms with Crippen LogP contribution in [0.1, 0.15) is 57.6 Å². The molecule has 2 aliphatic rings. The molecule has 4 rings (SSSR count). The van der Waals surface area contributed by atoms with Gasteiger partial charge in [-0.05, 0) is 69.7 Å². The maximum atomic E-state index is 13.4. The van der Waals surface area contributed by atoms with Gasteiger partial charge in [-0.3, -0.25) is 19.3 Å². The van der Waals surface area contributed by atoms with Gasteiger partial charge in [0.15, 0.2) is 0 Å². The van der Waals surface area contributed by atoms with Crippen molar-refractivity contribution in [3.63, 3.8) is 0 Å². The number of rotatable bonds is 9. The number of hydrogen-bond donors (Lipinski definition) is 2. The Hall–Kier alpha value is -4.08. The van der Waals surface area contributed by atoms with Gasteiger partial charge >= 0.3 is 6.09 Å². The lowest BCUT2D eigenvalue weighted by Gasteiger charge is -2.35. The molecule has 2 N–H and O–H groups in total.